The fraction of sp³-hybridized carbons (Fsp3) is 0.308. The van der Waals surface area contributed by atoms with Gasteiger partial charge in [0, 0.05) is 13.1 Å². The predicted molar refractivity (Wildman–Crippen MR) is 129 cm³/mol. The van der Waals surface area contributed by atoms with Gasteiger partial charge in [0.05, 0.1) is 35.0 Å². The largest absolute Gasteiger partial charge is 0.468 e. The zero-order valence-corrected chi connectivity index (χ0v) is 20.6. The molecule has 2 atom stereocenters. The van der Waals surface area contributed by atoms with E-state index in [0.29, 0.717) is 24.9 Å². The Hall–Kier alpha value is -3.37. The first-order valence-electron chi connectivity index (χ1n) is 11.5. The second-order valence-corrected chi connectivity index (χ2v) is 11.2. The highest BCUT2D eigenvalue weighted by Crippen LogP contribution is 2.50. The summed E-state index contributed by atoms with van der Waals surface area (Å²) in [5, 5.41) is 4.47. The summed E-state index contributed by atoms with van der Waals surface area (Å²) in [6.07, 6.45) is 5.14. The van der Waals surface area contributed by atoms with Gasteiger partial charge in [0.15, 0.2) is 0 Å². The molecule has 2 aromatic carbocycles. The lowest BCUT2D eigenvalue weighted by atomic mass is 9.63. The molecule has 36 heavy (non-hydrogen) atoms. The fourth-order valence-corrected chi connectivity index (χ4v) is 6.70. The molecule has 10 heteroatoms. The van der Waals surface area contributed by atoms with Crippen LogP contribution >= 0.6 is 0 Å². The van der Waals surface area contributed by atoms with E-state index in [1.807, 2.05) is 6.08 Å². The Labute approximate surface area is 208 Å². The topological polar surface area (TPSA) is 81.5 Å². The van der Waals surface area contributed by atoms with Crippen molar-refractivity contribution in [3.8, 4) is 5.69 Å². The minimum Gasteiger partial charge on any atom is -0.468 e. The minimum absolute atomic E-state index is 0.00800. The number of methoxy groups -OCH3 is 1. The van der Waals surface area contributed by atoms with Gasteiger partial charge in [0.1, 0.15) is 11.6 Å². The molecule has 1 heterocycles. The molecular weight excluding hydrogens is 488 g/mol. The first-order valence-corrected chi connectivity index (χ1v) is 13.0. The molecule has 0 saturated heterocycles. The quantitative estimate of drug-likeness (QED) is 0.480. The van der Waals surface area contributed by atoms with E-state index >= 15 is 0 Å². The molecule has 0 N–H and O–H groups in total. The number of carbonyl (C=O) groups is 1. The van der Waals surface area contributed by atoms with E-state index in [9.17, 15) is 22.0 Å². The number of ether oxygens (including phenoxy) is 1. The molecule has 3 aromatic rings. The number of esters is 1. The number of halogens is 2. The Morgan fingerprint density at radius 3 is 2.39 bits per heavy atom. The number of carbonyl (C=O) groups excluding carboxylic acids is 1. The number of rotatable bonds is 5. The van der Waals surface area contributed by atoms with Gasteiger partial charge >= 0.3 is 5.97 Å². The summed E-state index contributed by atoms with van der Waals surface area (Å²) < 4.78 is 61.5. The standard InChI is InChI=1S/C26H25F2N3O4S/c1-30(36(33,34)23-11-6-20(28)7-12-23)22-8-3-18-13-24-17(14-26(18,15-22)25(32)35-2)16-29-31(24)21-9-4-19(27)5-10-21/h4-7,9-13,16,22H,3,8,14-15H2,1-2H3/t22-,26-/m0/s1. The number of nitrogens with zero attached hydrogens (tertiary/aromatic N) is 3. The Morgan fingerprint density at radius 1 is 1.11 bits per heavy atom. The summed E-state index contributed by atoms with van der Waals surface area (Å²) in [6, 6.07) is 10.2. The number of fused-ring (bicyclic) bond motifs is 2. The summed E-state index contributed by atoms with van der Waals surface area (Å²) in [5.74, 6) is -1.29. The number of benzene rings is 2. The summed E-state index contributed by atoms with van der Waals surface area (Å²) in [4.78, 5) is 13.2. The molecule has 2 aliphatic carbocycles. The Balaban J connectivity index is 1.50. The number of hydrogen-bond acceptors (Lipinski definition) is 5. The Morgan fingerprint density at radius 2 is 1.75 bits per heavy atom. The van der Waals surface area contributed by atoms with Crippen LogP contribution in [0, 0.1) is 17.0 Å². The first-order chi connectivity index (χ1) is 17.2. The van der Waals surface area contributed by atoms with Crippen LogP contribution in [0.3, 0.4) is 0 Å². The lowest BCUT2D eigenvalue weighted by Gasteiger charge is -2.44. The van der Waals surface area contributed by atoms with E-state index in [-0.39, 0.29) is 17.1 Å². The zero-order chi connectivity index (χ0) is 25.7. The summed E-state index contributed by atoms with van der Waals surface area (Å²) in [6.45, 7) is 0. The zero-order valence-electron chi connectivity index (χ0n) is 19.8. The van der Waals surface area contributed by atoms with Gasteiger partial charge in [0.25, 0.3) is 0 Å². The van der Waals surface area contributed by atoms with E-state index < -0.39 is 33.3 Å². The fourth-order valence-electron chi connectivity index (χ4n) is 5.31. The van der Waals surface area contributed by atoms with Crippen LogP contribution in [-0.4, -0.2) is 48.7 Å². The van der Waals surface area contributed by atoms with E-state index in [1.165, 1.54) is 42.7 Å². The van der Waals surface area contributed by atoms with Crippen LogP contribution in [0.4, 0.5) is 8.78 Å². The van der Waals surface area contributed by atoms with Gasteiger partial charge in [-0.25, -0.2) is 21.9 Å². The summed E-state index contributed by atoms with van der Waals surface area (Å²) >= 11 is 0. The molecule has 0 bridgehead atoms. The van der Waals surface area contributed by atoms with Crippen LogP contribution in [0.1, 0.15) is 30.5 Å². The maximum absolute atomic E-state index is 13.4. The van der Waals surface area contributed by atoms with E-state index in [1.54, 1.807) is 23.0 Å². The molecule has 7 nitrogen and oxygen atoms in total. The Bertz CT molecular complexity index is 1450. The van der Waals surface area contributed by atoms with Gasteiger partial charge in [0.2, 0.25) is 10.0 Å². The number of sulfonamides is 1. The monoisotopic (exact) mass is 513 g/mol. The molecule has 1 aromatic heterocycles. The van der Waals surface area contributed by atoms with Gasteiger partial charge in [-0.3, -0.25) is 4.79 Å². The van der Waals surface area contributed by atoms with Crippen LogP contribution in [0.2, 0.25) is 0 Å². The van der Waals surface area contributed by atoms with Gasteiger partial charge < -0.3 is 4.74 Å². The van der Waals surface area contributed by atoms with Crippen LogP contribution in [0.25, 0.3) is 11.8 Å². The van der Waals surface area contributed by atoms with Crippen molar-refractivity contribution in [2.45, 2.75) is 36.6 Å². The number of hydrogen-bond donors (Lipinski definition) is 0. The lowest BCUT2D eigenvalue weighted by molar-refractivity contribution is -0.152. The van der Waals surface area contributed by atoms with E-state index in [0.717, 1.165) is 29.0 Å². The van der Waals surface area contributed by atoms with Gasteiger partial charge in [-0.05, 0) is 85.9 Å². The molecule has 2 aliphatic rings. The van der Waals surface area contributed by atoms with Gasteiger partial charge in [-0.15, -0.1) is 0 Å². The van der Waals surface area contributed by atoms with Crippen molar-refractivity contribution >= 4 is 22.1 Å². The second kappa shape index (κ2) is 8.94. The molecular formula is C26H25F2N3O4S. The normalized spacial score (nSPS) is 21.5. The lowest BCUT2D eigenvalue weighted by Crippen LogP contribution is -2.49. The van der Waals surface area contributed by atoms with Crippen molar-refractivity contribution in [2.75, 3.05) is 14.2 Å². The second-order valence-electron chi connectivity index (χ2n) is 9.24. The highest BCUT2D eigenvalue weighted by molar-refractivity contribution is 7.89. The maximum atomic E-state index is 13.4. The van der Waals surface area contributed by atoms with Gasteiger partial charge in [-0.1, -0.05) is 5.57 Å². The van der Waals surface area contributed by atoms with Crippen molar-refractivity contribution in [1.82, 2.24) is 14.1 Å². The SMILES string of the molecule is COC(=O)[C@]12Cc3cnn(-c4ccc(F)cc4)c3C=C1CC[C@H](N(C)S(=O)(=O)c1ccc(F)cc1)C2. The highest BCUT2D eigenvalue weighted by atomic mass is 32.2. The minimum atomic E-state index is -3.90. The third kappa shape index (κ3) is 3.94. The van der Waals surface area contributed by atoms with E-state index in [2.05, 4.69) is 5.10 Å². The molecule has 188 valence electrons. The Kier molecular flexibility index (Phi) is 6.04. The molecule has 0 aliphatic heterocycles. The van der Waals surface area contributed by atoms with Crippen molar-refractivity contribution in [1.29, 1.82) is 0 Å². The summed E-state index contributed by atoms with van der Waals surface area (Å²) in [7, 11) is -1.08. The van der Waals surface area contributed by atoms with Crippen LogP contribution in [-0.2, 0) is 26.0 Å². The predicted octanol–water partition coefficient (Wildman–Crippen LogP) is 4.12. The van der Waals surface area contributed by atoms with Crippen molar-refractivity contribution in [3.63, 3.8) is 0 Å². The molecule has 1 fully saturated rings. The van der Waals surface area contributed by atoms with Crippen LogP contribution in [0.15, 0.2) is 65.2 Å². The molecule has 1 saturated carbocycles. The third-order valence-electron chi connectivity index (χ3n) is 7.29. The molecule has 0 radical (unpaired) electrons. The number of aromatic nitrogens is 2. The summed E-state index contributed by atoms with van der Waals surface area (Å²) in [5.41, 5.74) is 2.14. The van der Waals surface area contributed by atoms with Crippen molar-refractivity contribution in [3.05, 3.63) is 83.2 Å². The molecule has 5 rings (SSSR count). The third-order valence-corrected chi connectivity index (χ3v) is 9.21. The average Bonchev–Trinajstić information content (AvgIpc) is 3.28. The molecule has 0 unspecified atom stereocenters. The average molecular weight is 514 g/mol. The smallest absolute Gasteiger partial charge is 0.316 e. The maximum Gasteiger partial charge on any atom is 0.316 e. The van der Waals surface area contributed by atoms with E-state index in [4.69, 9.17) is 4.74 Å². The van der Waals surface area contributed by atoms with Gasteiger partial charge in [-0.2, -0.15) is 9.40 Å². The molecule has 0 spiro atoms. The molecule has 0 amide bonds. The van der Waals surface area contributed by atoms with Crippen molar-refractivity contribution in [2.24, 2.45) is 5.41 Å². The van der Waals surface area contributed by atoms with Crippen molar-refractivity contribution < 1.29 is 26.7 Å². The van der Waals surface area contributed by atoms with Crippen LogP contribution < -0.4 is 0 Å². The first kappa shape index (κ1) is 24.3. The highest BCUT2D eigenvalue weighted by Gasteiger charge is 2.51. The van der Waals surface area contributed by atoms with Crippen LogP contribution in [0.5, 0.6) is 0 Å².